The van der Waals surface area contributed by atoms with Crippen LogP contribution in [0.3, 0.4) is 0 Å². The van der Waals surface area contributed by atoms with Crippen LogP contribution in [0.2, 0.25) is 10.0 Å². The van der Waals surface area contributed by atoms with Crippen LogP contribution in [0.1, 0.15) is 47.7 Å². The molecule has 6 nitrogen and oxygen atoms in total. The molecule has 0 spiro atoms. The van der Waals surface area contributed by atoms with Gasteiger partial charge < -0.3 is 10.2 Å². The number of rotatable bonds is 3. The largest absolute Gasteiger partial charge is 0.349 e. The van der Waals surface area contributed by atoms with E-state index in [9.17, 15) is 14.4 Å². The average Bonchev–Trinajstić information content (AvgIpc) is 3.07. The molecule has 2 amide bonds. The van der Waals surface area contributed by atoms with Crippen LogP contribution in [-0.4, -0.2) is 39.3 Å². The van der Waals surface area contributed by atoms with E-state index in [-0.39, 0.29) is 23.2 Å². The lowest BCUT2D eigenvalue weighted by Gasteiger charge is -2.35. The summed E-state index contributed by atoms with van der Waals surface area (Å²) in [6, 6.07) is 12.7. The van der Waals surface area contributed by atoms with E-state index in [1.165, 1.54) is 9.47 Å². The van der Waals surface area contributed by atoms with Gasteiger partial charge in [0.25, 0.3) is 11.8 Å². The highest BCUT2D eigenvalue weighted by Crippen LogP contribution is 2.33. The first kappa shape index (κ1) is 21.4. The number of carbonyl (C=O) groups excluding carboxylic acids is 3. The number of benzene rings is 2. The Hall–Kier alpha value is -2.83. The Morgan fingerprint density at radius 3 is 2.42 bits per heavy atom. The first-order valence-corrected chi connectivity index (χ1v) is 10.5. The second-order valence-corrected chi connectivity index (χ2v) is 9.38. The molecule has 1 aliphatic rings. The second kappa shape index (κ2) is 7.70. The third kappa shape index (κ3) is 3.93. The number of hydrogen-bond acceptors (Lipinski definition) is 3. The molecule has 1 aromatic heterocycles. The van der Waals surface area contributed by atoms with Gasteiger partial charge in [0, 0.05) is 10.9 Å². The number of aromatic nitrogens is 1. The molecule has 0 aliphatic carbocycles. The van der Waals surface area contributed by atoms with Gasteiger partial charge in [0.15, 0.2) is 0 Å². The molecule has 8 heteroatoms. The van der Waals surface area contributed by atoms with Gasteiger partial charge in [-0.3, -0.25) is 19.0 Å². The van der Waals surface area contributed by atoms with Crippen molar-refractivity contribution >= 4 is 51.8 Å². The average molecular weight is 458 g/mol. The van der Waals surface area contributed by atoms with Crippen molar-refractivity contribution in [3.63, 3.8) is 0 Å². The summed E-state index contributed by atoms with van der Waals surface area (Å²) in [6.07, 6.45) is 0. The predicted octanol–water partition coefficient (Wildman–Crippen LogP) is 4.70. The number of carbonyl (C=O) groups is 3. The molecule has 2 aromatic carbocycles. The van der Waals surface area contributed by atoms with Gasteiger partial charge in [0.2, 0.25) is 5.91 Å². The number of amides is 2. The van der Waals surface area contributed by atoms with E-state index in [0.29, 0.717) is 16.1 Å². The monoisotopic (exact) mass is 457 g/mol. The van der Waals surface area contributed by atoms with Gasteiger partial charge in [0.1, 0.15) is 18.3 Å². The Kier molecular flexibility index (Phi) is 5.31. The van der Waals surface area contributed by atoms with Crippen LogP contribution < -0.4 is 5.32 Å². The molecule has 0 bridgehead atoms. The van der Waals surface area contributed by atoms with Crippen molar-refractivity contribution in [2.75, 3.05) is 6.54 Å². The predicted molar refractivity (Wildman–Crippen MR) is 121 cm³/mol. The highest BCUT2D eigenvalue weighted by atomic mass is 35.5. The molecule has 0 radical (unpaired) electrons. The lowest BCUT2D eigenvalue weighted by atomic mass is 10.0. The van der Waals surface area contributed by atoms with Crippen LogP contribution in [-0.2, 0) is 4.79 Å². The summed E-state index contributed by atoms with van der Waals surface area (Å²) in [4.78, 5) is 41.1. The van der Waals surface area contributed by atoms with E-state index in [0.717, 1.165) is 5.39 Å². The maximum Gasteiger partial charge on any atom is 0.272 e. The summed E-state index contributed by atoms with van der Waals surface area (Å²) < 4.78 is 1.42. The molecule has 0 fully saturated rings. The van der Waals surface area contributed by atoms with Crippen LogP contribution >= 0.6 is 23.2 Å². The van der Waals surface area contributed by atoms with Crippen LogP contribution in [0.4, 0.5) is 0 Å². The van der Waals surface area contributed by atoms with Crippen molar-refractivity contribution in [2.24, 2.45) is 0 Å². The Labute approximate surface area is 189 Å². The number of para-hydroxylation sites is 1. The van der Waals surface area contributed by atoms with Gasteiger partial charge in [-0.05, 0) is 50.6 Å². The minimum absolute atomic E-state index is 0.228. The van der Waals surface area contributed by atoms with Crippen molar-refractivity contribution in [3.05, 3.63) is 69.8 Å². The summed E-state index contributed by atoms with van der Waals surface area (Å²) in [5, 5.41) is 4.29. The van der Waals surface area contributed by atoms with E-state index in [2.05, 4.69) is 5.32 Å². The Morgan fingerprint density at radius 2 is 1.74 bits per heavy atom. The Morgan fingerprint density at radius 1 is 1.03 bits per heavy atom. The van der Waals surface area contributed by atoms with E-state index in [1.807, 2.05) is 39.0 Å². The van der Waals surface area contributed by atoms with Crippen molar-refractivity contribution < 1.29 is 14.4 Å². The normalized spacial score (nSPS) is 15.2. The first-order valence-electron chi connectivity index (χ1n) is 9.78. The molecule has 160 valence electrons. The lowest BCUT2D eigenvalue weighted by molar-refractivity contribution is -0.127. The quantitative estimate of drug-likeness (QED) is 0.619. The maximum atomic E-state index is 13.5. The van der Waals surface area contributed by atoms with Gasteiger partial charge in [-0.25, -0.2) is 0 Å². The zero-order valence-corrected chi connectivity index (χ0v) is 18.8. The smallest absolute Gasteiger partial charge is 0.272 e. The molecular weight excluding hydrogens is 437 g/mol. The lowest BCUT2D eigenvalue weighted by Crippen LogP contribution is -2.53. The van der Waals surface area contributed by atoms with Crippen molar-refractivity contribution in [3.8, 4) is 0 Å². The van der Waals surface area contributed by atoms with Gasteiger partial charge >= 0.3 is 0 Å². The second-order valence-electron chi connectivity index (χ2n) is 8.57. The molecule has 1 atom stereocenters. The minimum atomic E-state index is -1.04. The van der Waals surface area contributed by atoms with Crippen molar-refractivity contribution in [2.45, 2.75) is 32.4 Å². The van der Waals surface area contributed by atoms with Crippen LogP contribution in [0, 0.1) is 0 Å². The van der Waals surface area contributed by atoms with Gasteiger partial charge in [-0.1, -0.05) is 47.5 Å². The number of halogens is 2. The fraction of sp³-hybridized carbons (Fsp3) is 0.261. The number of fused-ring (bicyclic) bond motifs is 3. The molecule has 4 rings (SSSR count). The first-order chi connectivity index (χ1) is 14.6. The molecule has 1 aliphatic heterocycles. The molecule has 1 N–H and O–H groups in total. The van der Waals surface area contributed by atoms with Crippen LogP contribution in [0.5, 0.6) is 0 Å². The highest BCUT2D eigenvalue weighted by molar-refractivity contribution is 6.42. The van der Waals surface area contributed by atoms with Crippen molar-refractivity contribution in [1.82, 2.24) is 14.8 Å². The summed E-state index contributed by atoms with van der Waals surface area (Å²) >= 11 is 12.2. The Balaban J connectivity index is 1.83. The van der Waals surface area contributed by atoms with E-state index >= 15 is 0 Å². The molecule has 2 heterocycles. The molecular formula is C23H21Cl2N3O3. The number of nitrogens with zero attached hydrogens (tertiary/aromatic N) is 2. The van der Waals surface area contributed by atoms with E-state index in [4.69, 9.17) is 23.2 Å². The zero-order chi connectivity index (χ0) is 22.5. The third-order valence-electron chi connectivity index (χ3n) is 5.06. The summed E-state index contributed by atoms with van der Waals surface area (Å²) in [5.41, 5.74) is 0.831. The van der Waals surface area contributed by atoms with Gasteiger partial charge in [0.05, 0.1) is 15.6 Å². The minimum Gasteiger partial charge on any atom is -0.349 e. The fourth-order valence-corrected chi connectivity index (χ4v) is 4.12. The van der Waals surface area contributed by atoms with Crippen LogP contribution in [0.25, 0.3) is 10.9 Å². The maximum absolute atomic E-state index is 13.5. The Bertz CT molecular complexity index is 1230. The molecule has 3 aromatic rings. The summed E-state index contributed by atoms with van der Waals surface area (Å²) in [6.45, 7) is 5.29. The molecule has 1 unspecified atom stereocenters. The van der Waals surface area contributed by atoms with Crippen molar-refractivity contribution in [1.29, 1.82) is 0 Å². The van der Waals surface area contributed by atoms with Crippen LogP contribution in [0.15, 0.2) is 48.5 Å². The standard InChI is InChI=1S/C23H21Cl2N3O3/c1-23(2,3)26-21(30)20(14-8-9-15(24)16(25)10-14)27-12-19(29)28-17-7-5-4-6-13(17)11-18(28)22(27)31/h4-11,20H,12H2,1-3H3,(H,26,30). The summed E-state index contributed by atoms with van der Waals surface area (Å²) in [5.74, 6) is -1.10. The van der Waals surface area contributed by atoms with E-state index < -0.39 is 23.4 Å². The summed E-state index contributed by atoms with van der Waals surface area (Å²) in [7, 11) is 0. The SMILES string of the molecule is CC(C)(C)NC(=O)C(c1ccc(Cl)c(Cl)c1)N1CC(=O)n2c(cc3ccccc32)C1=O. The van der Waals surface area contributed by atoms with Gasteiger partial charge in [-0.15, -0.1) is 0 Å². The molecule has 31 heavy (non-hydrogen) atoms. The molecule has 0 saturated heterocycles. The number of hydrogen-bond donors (Lipinski definition) is 1. The van der Waals surface area contributed by atoms with E-state index in [1.54, 1.807) is 30.3 Å². The van der Waals surface area contributed by atoms with Gasteiger partial charge in [-0.2, -0.15) is 0 Å². The zero-order valence-electron chi connectivity index (χ0n) is 17.3. The number of nitrogens with one attached hydrogen (secondary N) is 1. The topological polar surface area (TPSA) is 71.4 Å². The molecule has 0 saturated carbocycles. The highest BCUT2D eigenvalue weighted by Gasteiger charge is 2.40. The third-order valence-corrected chi connectivity index (χ3v) is 5.80. The fourth-order valence-electron chi connectivity index (χ4n) is 3.82.